The highest BCUT2D eigenvalue weighted by Crippen LogP contribution is 2.69. The topological polar surface area (TPSA) is 245 Å². The second kappa shape index (κ2) is 23.5. The molecule has 21 heteroatoms. The lowest BCUT2D eigenvalue weighted by molar-refractivity contribution is -0.134. The first kappa shape index (κ1) is 49.0. The van der Waals surface area contributed by atoms with Gasteiger partial charge in [-0.1, -0.05) is 101 Å². The van der Waals surface area contributed by atoms with E-state index in [1.807, 2.05) is 6.92 Å². The summed E-state index contributed by atoms with van der Waals surface area (Å²) in [5, 5.41) is 0. The normalized spacial score (nSPS) is 18.1. The first-order valence-corrected chi connectivity index (χ1v) is 24.1. The van der Waals surface area contributed by atoms with Crippen LogP contribution in [0.4, 0.5) is 0 Å². The van der Waals surface area contributed by atoms with E-state index in [1.165, 1.54) is 74.5 Å². The van der Waals surface area contributed by atoms with Crippen LogP contribution in [0.25, 0.3) is 0 Å². The van der Waals surface area contributed by atoms with Gasteiger partial charge in [0.05, 0.1) is 19.8 Å². The number of hydrogen-bond acceptors (Lipinski definition) is 14. The van der Waals surface area contributed by atoms with Crippen molar-refractivity contribution in [1.29, 1.82) is 0 Å². The molecule has 3 unspecified atom stereocenters. The van der Waals surface area contributed by atoms with E-state index in [0.717, 1.165) is 43.1 Å². The van der Waals surface area contributed by atoms with Crippen LogP contribution in [0, 0.1) is 6.92 Å². The molecular formula is C39H53N2O16P3. The molecule has 330 valence electrons. The monoisotopic (exact) mass is 898 g/mol. The molecule has 3 N–H and O–H groups in total. The third-order valence-corrected chi connectivity index (χ3v) is 13.6. The average molecular weight is 899 g/mol. The van der Waals surface area contributed by atoms with E-state index in [0.29, 0.717) is 29.5 Å². The van der Waals surface area contributed by atoms with Crippen LogP contribution in [0.3, 0.4) is 0 Å². The molecule has 0 radical (unpaired) electrons. The van der Waals surface area contributed by atoms with Gasteiger partial charge in [0.25, 0.3) is 5.56 Å². The number of unbranched alkanes of at least 4 members (excludes halogenated alkanes) is 7. The van der Waals surface area contributed by atoms with Gasteiger partial charge >= 0.3 is 35.1 Å². The average Bonchev–Trinajstić information content (AvgIpc) is 3.68. The lowest BCUT2D eigenvalue weighted by atomic mass is 10.0. The number of rotatable bonds is 27. The minimum absolute atomic E-state index is 0.0428. The number of carbonyl (C=O) groups is 2. The molecule has 1 aromatic heterocycles. The van der Waals surface area contributed by atoms with E-state index >= 15 is 0 Å². The Morgan fingerprint density at radius 2 is 1.35 bits per heavy atom. The van der Waals surface area contributed by atoms with Crippen molar-refractivity contribution in [1.82, 2.24) is 9.55 Å². The van der Waals surface area contributed by atoms with Gasteiger partial charge in [0.1, 0.15) is 11.9 Å². The Morgan fingerprint density at radius 1 is 0.750 bits per heavy atom. The Kier molecular flexibility index (Phi) is 19.2. The molecule has 3 aromatic rings. The van der Waals surface area contributed by atoms with Crippen molar-refractivity contribution >= 4 is 35.2 Å². The fourth-order valence-corrected chi connectivity index (χ4v) is 9.73. The number of hydrogen-bond donors (Lipinski definition) is 3. The van der Waals surface area contributed by atoms with Gasteiger partial charge in [0.15, 0.2) is 12.0 Å². The number of ketones is 1. The van der Waals surface area contributed by atoms with E-state index in [1.54, 1.807) is 12.1 Å². The molecule has 0 fully saturated rings. The maximum atomic E-state index is 13.9. The molecule has 0 saturated carbocycles. The van der Waals surface area contributed by atoms with Crippen LogP contribution in [-0.2, 0) is 58.6 Å². The first-order chi connectivity index (χ1) is 28.5. The summed E-state index contributed by atoms with van der Waals surface area (Å²) in [6, 6.07) is 12.1. The Hall–Kier alpha value is -3.63. The highest BCUT2D eigenvalue weighted by molar-refractivity contribution is 7.67. The van der Waals surface area contributed by atoms with E-state index in [2.05, 4.69) is 16.2 Å². The van der Waals surface area contributed by atoms with Crippen molar-refractivity contribution in [2.75, 3.05) is 6.61 Å². The molecule has 0 saturated heterocycles. The van der Waals surface area contributed by atoms with Gasteiger partial charge in [-0.2, -0.15) is 8.62 Å². The quantitative estimate of drug-likeness (QED) is 0.0162. The van der Waals surface area contributed by atoms with E-state index in [4.69, 9.17) is 27.4 Å². The summed E-state index contributed by atoms with van der Waals surface area (Å²) in [5.74, 6) is -0.226. The number of nitrogens with zero attached hydrogens (tertiary/aromatic N) is 1. The molecule has 60 heavy (non-hydrogen) atoms. The lowest BCUT2D eigenvalue weighted by Gasteiger charge is -2.22. The Morgan fingerprint density at radius 3 is 1.98 bits per heavy atom. The number of phosphoric ester groups is 2. The second-order valence-electron chi connectivity index (χ2n) is 14.0. The fraction of sp³-hybridized carbons (Fsp3) is 0.487. The zero-order chi connectivity index (χ0) is 43.8. The molecule has 2 heterocycles. The Balaban J connectivity index is 1.38. The molecule has 18 nitrogen and oxygen atoms in total. The van der Waals surface area contributed by atoms with E-state index < -0.39 is 72.8 Å². The summed E-state index contributed by atoms with van der Waals surface area (Å²) in [4.78, 5) is 71.7. The highest BCUT2D eigenvalue weighted by Gasteiger charge is 2.44. The number of esters is 1. The van der Waals surface area contributed by atoms with Gasteiger partial charge in [0.2, 0.25) is 0 Å². The summed E-state index contributed by atoms with van der Waals surface area (Å²) in [7, 11) is -16.4. The van der Waals surface area contributed by atoms with Gasteiger partial charge in [0, 0.05) is 30.2 Å². The summed E-state index contributed by atoms with van der Waals surface area (Å²) in [5.41, 5.74) is 0.0379. The summed E-state index contributed by atoms with van der Waals surface area (Å²) in [6.07, 6.45) is 11.6. The number of aromatic amines is 1. The number of ether oxygens (including phenoxy) is 2. The highest BCUT2D eigenvalue weighted by atomic mass is 31.3. The van der Waals surface area contributed by atoms with E-state index in [9.17, 15) is 42.7 Å². The third-order valence-electron chi connectivity index (χ3n) is 8.99. The summed E-state index contributed by atoms with van der Waals surface area (Å²) < 4.78 is 76.6. The summed E-state index contributed by atoms with van der Waals surface area (Å²) in [6.45, 7) is 3.80. The zero-order valence-electron chi connectivity index (χ0n) is 33.8. The standard InChI is InChI=1S/C39H53N2O16P3/c1-4-6-8-9-10-11-12-13-35(42)32-19-15-30(16-20-32)26-52-60(50,53-27-31-17-21-33(22-18-31)55-37(43)14-7-5-2)57-59(48,49)56-58(46,47)51-28-34-23-24-36(54-34)41-25-29(3)38(44)40-39(41)45/h15-25,34,36H,4-14,26-28H2,1-3H3,(H,46,47)(H,48,49)(H,40,44,45)/t34-,36+,60?/m0/s1. The lowest BCUT2D eigenvalue weighted by Crippen LogP contribution is -2.33. The largest absolute Gasteiger partial charge is 0.490 e. The molecule has 1 aliphatic heterocycles. The van der Waals surface area contributed by atoms with Gasteiger partial charge < -0.3 is 19.3 Å². The van der Waals surface area contributed by atoms with Crippen molar-refractivity contribution in [2.24, 2.45) is 0 Å². The zero-order valence-corrected chi connectivity index (χ0v) is 36.5. The maximum absolute atomic E-state index is 13.9. The number of aromatic nitrogens is 2. The molecule has 0 amide bonds. The molecule has 0 spiro atoms. The first-order valence-electron chi connectivity index (χ1n) is 19.7. The number of benzene rings is 2. The smallest absolute Gasteiger partial charge is 0.427 e. The number of Topliss-reactive ketones (excluding diaryl/α,β-unsaturated/α-hetero) is 1. The van der Waals surface area contributed by atoms with Crippen LogP contribution in [0.15, 0.2) is 76.5 Å². The van der Waals surface area contributed by atoms with Crippen LogP contribution in [0.1, 0.15) is 118 Å². The van der Waals surface area contributed by atoms with Gasteiger partial charge in [-0.3, -0.25) is 37.5 Å². The van der Waals surface area contributed by atoms with Crippen LogP contribution in [0.2, 0.25) is 0 Å². The number of carbonyl (C=O) groups excluding carboxylic acids is 2. The predicted octanol–water partition coefficient (Wildman–Crippen LogP) is 8.51. The fourth-order valence-electron chi connectivity index (χ4n) is 5.70. The van der Waals surface area contributed by atoms with Crippen molar-refractivity contribution in [2.45, 2.75) is 117 Å². The van der Waals surface area contributed by atoms with Crippen LogP contribution < -0.4 is 16.0 Å². The molecule has 5 atom stereocenters. The molecule has 0 bridgehead atoms. The van der Waals surface area contributed by atoms with Crippen molar-refractivity contribution < 1.29 is 64.7 Å². The molecule has 1 aliphatic rings. The molecule has 0 aliphatic carbocycles. The number of aryl methyl sites for hydroxylation is 1. The minimum Gasteiger partial charge on any atom is -0.427 e. The van der Waals surface area contributed by atoms with Crippen molar-refractivity contribution in [3.63, 3.8) is 0 Å². The number of H-pyrrole nitrogens is 1. The van der Waals surface area contributed by atoms with Gasteiger partial charge in [-0.25, -0.2) is 18.5 Å². The van der Waals surface area contributed by atoms with Crippen molar-refractivity contribution in [3.05, 3.63) is 110 Å². The maximum Gasteiger partial charge on any atom is 0.490 e. The Bertz CT molecular complexity index is 2170. The molecule has 4 rings (SSSR count). The van der Waals surface area contributed by atoms with Gasteiger partial charge in [-0.15, -0.1) is 0 Å². The Labute approximate surface area is 348 Å². The summed E-state index contributed by atoms with van der Waals surface area (Å²) >= 11 is 0. The van der Waals surface area contributed by atoms with Crippen LogP contribution >= 0.6 is 23.5 Å². The molecule has 2 aromatic carbocycles. The SMILES string of the molecule is CCCCCCCCCC(=O)c1ccc(COP(=O)(OCc2ccc(OC(=O)CCCC)cc2)OP(=O)(O)OP(=O)(O)OC[C@@H]2C=C[C@H](n3cc(C)c(=O)[nH]c3=O)O2)cc1. The van der Waals surface area contributed by atoms with Crippen LogP contribution in [0.5, 0.6) is 5.75 Å². The predicted molar refractivity (Wildman–Crippen MR) is 219 cm³/mol. The van der Waals surface area contributed by atoms with E-state index in [-0.39, 0.29) is 23.5 Å². The number of nitrogens with one attached hydrogen (secondary N) is 1. The molecular weight excluding hydrogens is 845 g/mol. The van der Waals surface area contributed by atoms with Crippen molar-refractivity contribution in [3.8, 4) is 5.75 Å². The third kappa shape index (κ3) is 16.7. The minimum atomic E-state index is -5.78. The van der Waals surface area contributed by atoms with Crippen LogP contribution in [-0.4, -0.2) is 43.8 Å². The number of phosphoric acid groups is 3. The van der Waals surface area contributed by atoms with Gasteiger partial charge in [-0.05, 0) is 49.1 Å². The second-order valence-corrected chi connectivity index (χ2v) is 18.9.